The van der Waals surface area contributed by atoms with Gasteiger partial charge in [0.25, 0.3) is 0 Å². The largest absolute Gasteiger partial charge is 0.481 e. The first-order chi connectivity index (χ1) is 8.46. The minimum Gasteiger partial charge on any atom is -0.481 e. The fraction of sp³-hybridized carbons (Fsp3) is 0.312. The number of carbonyl (C=O) groups is 1. The SMILES string of the molecule is CC(C)(CC(=O)O)Cc1ccc2ccccc2c1. The lowest BCUT2D eigenvalue weighted by Crippen LogP contribution is -2.19. The maximum atomic E-state index is 10.8. The van der Waals surface area contributed by atoms with Gasteiger partial charge in [-0.25, -0.2) is 0 Å². The molecule has 2 rings (SSSR count). The minimum absolute atomic E-state index is 0.194. The highest BCUT2D eigenvalue weighted by Crippen LogP contribution is 2.27. The molecule has 0 aliphatic carbocycles. The minimum atomic E-state index is -0.735. The van der Waals surface area contributed by atoms with Gasteiger partial charge in [-0.2, -0.15) is 0 Å². The highest BCUT2D eigenvalue weighted by atomic mass is 16.4. The highest BCUT2D eigenvalue weighted by Gasteiger charge is 2.22. The average Bonchev–Trinajstić information content (AvgIpc) is 2.26. The number of carboxylic acid groups (broad SMARTS) is 1. The fourth-order valence-corrected chi connectivity index (χ4v) is 2.37. The molecule has 0 aliphatic heterocycles. The van der Waals surface area contributed by atoms with E-state index >= 15 is 0 Å². The molecule has 2 nitrogen and oxygen atoms in total. The molecule has 0 aliphatic rings. The molecule has 0 bridgehead atoms. The molecule has 0 atom stereocenters. The van der Waals surface area contributed by atoms with E-state index in [1.807, 2.05) is 26.0 Å². The van der Waals surface area contributed by atoms with Crippen LogP contribution in [-0.4, -0.2) is 11.1 Å². The number of benzene rings is 2. The van der Waals surface area contributed by atoms with Crippen LogP contribution in [0, 0.1) is 5.41 Å². The van der Waals surface area contributed by atoms with Crippen molar-refractivity contribution >= 4 is 16.7 Å². The van der Waals surface area contributed by atoms with Crippen molar-refractivity contribution in [2.45, 2.75) is 26.7 Å². The Morgan fingerprint density at radius 3 is 2.44 bits per heavy atom. The third-order valence-corrected chi connectivity index (χ3v) is 3.13. The molecule has 0 radical (unpaired) electrons. The summed E-state index contributed by atoms with van der Waals surface area (Å²) < 4.78 is 0. The molecule has 0 saturated carbocycles. The molecule has 0 saturated heterocycles. The van der Waals surface area contributed by atoms with Gasteiger partial charge < -0.3 is 5.11 Å². The van der Waals surface area contributed by atoms with Gasteiger partial charge in [-0.1, -0.05) is 56.3 Å². The van der Waals surface area contributed by atoms with E-state index in [1.54, 1.807) is 0 Å². The monoisotopic (exact) mass is 242 g/mol. The summed E-state index contributed by atoms with van der Waals surface area (Å²) in [4.78, 5) is 10.8. The Bertz CT molecular complexity index is 570. The molecular formula is C16H18O2. The van der Waals surface area contributed by atoms with E-state index in [9.17, 15) is 4.79 Å². The van der Waals surface area contributed by atoms with Crippen LogP contribution < -0.4 is 0 Å². The quantitative estimate of drug-likeness (QED) is 0.883. The van der Waals surface area contributed by atoms with Gasteiger partial charge in [-0.3, -0.25) is 4.79 Å². The summed E-state index contributed by atoms with van der Waals surface area (Å²) in [6.45, 7) is 3.99. The van der Waals surface area contributed by atoms with Crippen LogP contribution in [0.1, 0.15) is 25.8 Å². The molecule has 2 aromatic carbocycles. The Kier molecular flexibility index (Phi) is 3.37. The lowest BCUT2D eigenvalue weighted by atomic mass is 9.82. The van der Waals surface area contributed by atoms with Crippen molar-refractivity contribution in [2.24, 2.45) is 5.41 Å². The number of carboxylic acids is 1. The second kappa shape index (κ2) is 4.81. The average molecular weight is 242 g/mol. The molecule has 2 aromatic rings. The second-order valence-corrected chi connectivity index (χ2v) is 5.59. The molecule has 0 aromatic heterocycles. The van der Waals surface area contributed by atoms with E-state index in [4.69, 9.17) is 5.11 Å². The Morgan fingerprint density at radius 1 is 1.11 bits per heavy atom. The zero-order valence-corrected chi connectivity index (χ0v) is 10.8. The van der Waals surface area contributed by atoms with Gasteiger partial charge in [0, 0.05) is 0 Å². The summed E-state index contributed by atoms with van der Waals surface area (Å²) in [5.74, 6) is -0.735. The van der Waals surface area contributed by atoms with Crippen LogP contribution in [0.5, 0.6) is 0 Å². The van der Waals surface area contributed by atoms with Gasteiger partial charge in [0.05, 0.1) is 6.42 Å². The van der Waals surface area contributed by atoms with Crippen molar-refractivity contribution in [3.63, 3.8) is 0 Å². The first-order valence-corrected chi connectivity index (χ1v) is 6.16. The van der Waals surface area contributed by atoms with E-state index in [2.05, 4.69) is 30.3 Å². The lowest BCUT2D eigenvalue weighted by Gasteiger charge is -2.22. The maximum absolute atomic E-state index is 10.8. The molecule has 18 heavy (non-hydrogen) atoms. The van der Waals surface area contributed by atoms with Crippen LogP contribution in [-0.2, 0) is 11.2 Å². The van der Waals surface area contributed by atoms with E-state index in [1.165, 1.54) is 16.3 Å². The summed E-state index contributed by atoms with van der Waals surface area (Å²) in [6, 6.07) is 14.6. The zero-order valence-electron chi connectivity index (χ0n) is 10.8. The molecule has 0 spiro atoms. The summed E-state index contributed by atoms with van der Waals surface area (Å²) in [6.07, 6.45) is 0.976. The molecule has 0 amide bonds. The van der Waals surface area contributed by atoms with E-state index in [0.717, 1.165) is 6.42 Å². The zero-order chi connectivity index (χ0) is 13.2. The van der Waals surface area contributed by atoms with Crippen LogP contribution in [0.4, 0.5) is 0 Å². The predicted molar refractivity (Wildman–Crippen MR) is 73.7 cm³/mol. The van der Waals surface area contributed by atoms with Crippen molar-refractivity contribution < 1.29 is 9.90 Å². The van der Waals surface area contributed by atoms with Crippen molar-refractivity contribution in [2.75, 3.05) is 0 Å². The standard InChI is InChI=1S/C16H18O2/c1-16(2,11-15(17)18)10-12-7-8-13-5-3-4-6-14(13)9-12/h3-9H,10-11H2,1-2H3,(H,17,18). The molecule has 94 valence electrons. The van der Waals surface area contributed by atoms with Gasteiger partial charge in [-0.05, 0) is 28.2 Å². The van der Waals surface area contributed by atoms with Crippen LogP contribution in [0.3, 0.4) is 0 Å². The van der Waals surface area contributed by atoms with Crippen LogP contribution in [0.2, 0.25) is 0 Å². The van der Waals surface area contributed by atoms with Crippen molar-refractivity contribution in [3.05, 3.63) is 48.0 Å². The Hall–Kier alpha value is -1.83. The molecule has 1 N–H and O–H groups in total. The molecule has 0 fully saturated rings. The highest BCUT2D eigenvalue weighted by molar-refractivity contribution is 5.83. The first-order valence-electron chi connectivity index (χ1n) is 6.16. The third kappa shape index (κ3) is 3.10. The second-order valence-electron chi connectivity index (χ2n) is 5.59. The molecule has 0 unspecified atom stereocenters. The predicted octanol–water partition coefficient (Wildman–Crippen LogP) is 3.88. The Morgan fingerprint density at radius 2 is 1.78 bits per heavy atom. The number of hydrogen-bond acceptors (Lipinski definition) is 1. The van der Waals surface area contributed by atoms with Crippen molar-refractivity contribution in [1.29, 1.82) is 0 Å². The normalized spacial score (nSPS) is 11.7. The van der Waals surface area contributed by atoms with Crippen LogP contribution >= 0.6 is 0 Å². The third-order valence-electron chi connectivity index (χ3n) is 3.13. The molecular weight excluding hydrogens is 224 g/mol. The van der Waals surface area contributed by atoms with Crippen LogP contribution in [0.15, 0.2) is 42.5 Å². The molecule has 2 heteroatoms. The summed E-state index contributed by atoms with van der Waals surface area (Å²) in [5, 5.41) is 11.3. The number of hydrogen-bond donors (Lipinski definition) is 1. The first kappa shape index (κ1) is 12.6. The summed E-state index contributed by atoms with van der Waals surface area (Å²) in [7, 11) is 0. The van der Waals surface area contributed by atoms with Crippen molar-refractivity contribution in [3.8, 4) is 0 Å². The molecule has 0 heterocycles. The van der Waals surface area contributed by atoms with E-state index < -0.39 is 5.97 Å². The van der Waals surface area contributed by atoms with Crippen molar-refractivity contribution in [1.82, 2.24) is 0 Å². The Balaban J connectivity index is 2.24. The van der Waals surface area contributed by atoms with Gasteiger partial charge in [0.1, 0.15) is 0 Å². The number of rotatable bonds is 4. The van der Waals surface area contributed by atoms with Gasteiger partial charge >= 0.3 is 5.97 Å². The lowest BCUT2D eigenvalue weighted by molar-refractivity contribution is -0.139. The number of aliphatic carboxylic acids is 1. The van der Waals surface area contributed by atoms with Gasteiger partial charge in [0.2, 0.25) is 0 Å². The number of fused-ring (bicyclic) bond motifs is 1. The topological polar surface area (TPSA) is 37.3 Å². The maximum Gasteiger partial charge on any atom is 0.303 e. The Labute approximate surface area is 107 Å². The van der Waals surface area contributed by atoms with Crippen LogP contribution in [0.25, 0.3) is 10.8 Å². The van der Waals surface area contributed by atoms with E-state index in [-0.39, 0.29) is 11.8 Å². The summed E-state index contributed by atoms with van der Waals surface area (Å²) >= 11 is 0. The summed E-state index contributed by atoms with van der Waals surface area (Å²) in [5.41, 5.74) is 0.980. The van der Waals surface area contributed by atoms with Gasteiger partial charge in [-0.15, -0.1) is 0 Å². The smallest absolute Gasteiger partial charge is 0.303 e. The van der Waals surface area contributed by atoms with Gasteiger partial charge in [0.15, 0.2) is 0 Å². The van der Waals surface area contributed by atoms with E-state index in [0.29, 0.717) is 0 Å². The fourth-order valence-electron chi connectivity index (χ4n) is 2.37.